The SMILES string of the molecule is Cl.Cl.NCC1(CC(=O)NCCc2ncc[nH]2)CCCCC1. The smallest absolute Gasteiger partial charge is 0.220 e. The van der Waals surface area contributed by atoms with E-state index in [4.69, 9.17) is 5.73 Å². The van der Waals surface area contributed by atoms with Crippen LogP contribution in [0.25, 0.3) is 0 Å². The third-order valence-corrected chi connectivity index (χ3v) is 4.12. The van der Waals surface area contributed by atoms with E-state index in [0.717, 1.165) is 25.1 Å². The topological polar surface area (TPSA) is 83.8 Å². The van der Waals surface area contributed by atoms with Crippen molar-refractivity contribution in [1.29, 1.82) is 0 Å². The molecular formula is C14H26Cl2N4O. The lowest BCUT2D eigenvalue weighted by atomic mass is 9.71. The maximum absolute atomic E-state index is 12.0. The number of aromatic nitrogens is 2. The van der Waals surface area contributed by atoms with Crippen LogP contribution in [0.5, 0.6) is 0 Å². The van der Waals surface area contributed by atoms with Crippen molar-refractivity contribution in [3.8, 4) is 0 Å². The zero-order chi connectivity index (χ0) is 13.6. The Bertz CT molecular complexity index is 392. The Morgan fingerprint density at radius 2 is 2.05 bits per heavy atom. The molecular weight excluding hydrogens is 311 g/mol. The number of amides is 1. The molecule has 7 heteroatoms. The molecule has 0 aliphatic heterocycles. The molecule has 1 fully saturated rings. The summed E-state index contributed by atoms with van der Waals surface area (Å²) in [4.78, 5) is 19.2. The van der Waals surface area contributed by atoms with E-state index in [2.05, 4.69) is 15.3 Å². The van der Waals surface area contributed by atoms with Crippen LogP contribution in [0.3, 0.4) is 0 Å². The van der Waals surface area contributed by atoms with Gasteiger partial charge in [-0.3, -0.25) is 4.79 Å². The van der Waals surface area contributed by atoms with E-state index in [1.807, 2.05) is 0 Å². The van der Waals surface area contributed by atoms with Crippen molar-refractivity contribution in [3.63, 3.8) is 0 Å². The zero-order valence-electron chi connectivity index (χ0n) is 12.3. The molecule has 0 saturated heterocycles. The molecule has 5 nitrogen and oxygen atoms in total. The molecule has 4 N–H and O–H groups in total. The predicted octanol–water partition coefficient (Wildman–Crippen LogP) is 2.21. The first kappa shape index (κ1) is 20.2. The summed E-state index contributed by atoms with van der Waals surface area (Å²) >= 11 is 0. The van der Waals surface area contributed by atoms with Crippen LogP contribution in [0.2, 0.25) is 0 Å². The monoisotopic (exact) mass is 336 g/mol. The van der Waals surface area contributed by atoms with Gasteiger partial charge >= 0.3 is 0 Å². The van der Waals surface area contributed by atoms with Gasteiger partial charge in [0.1, 0.15) is 5.82 Å². The largest absolute Gasteiger partial charge is 0.356 e. The molecule has 2 rings (SSSR count). The minimum Gasteiger partial charge on any atom is -0.356 e. The highest BCUT2D eigenvalue weighted by Gasteiger charge is 2.32. The lowest BCUT2D eigenvalue weighted by Gasteiger charge is -2.35. The summed E-state index contributed by atoms with van der Waals surface area (Å²) in [6.45, 7) is 1.26. The van der Waals surface area contributed by atoms with E-state index in [0.29, 0.717) is 19.5 Å². The average Bonchev–Trinajstić information content (AvgIpc) is 2.93. The van der Waals surface area contributed by atoms with Gasteiger partial charge in [0.05, 0.1) is 0 Å². The predicted molar refractivity (Wildman–Crippen MR) is 89.0 cm³/mol. The van der Waals surface area contributed by atoms with Crippen molar-refractivity contribution < 1.29 is 4.79 Å². The molecule has 1 aromatic rings. The first-order valence-electron chi connectivity index (χ1n) is 7.19. The van der Waals surface area contributed by atoms with Gasteiger partial charge in [-0.2, -0.15) is 0 Å². The molecule has 1 aliphatic rings. The highest BCUT2D eigenvalue weighted by Crippen LogP contribution is 2.38. The minimum absolute atomic E-state index is 0. The van der Waals surface area contributed by atoms with Gasteiger partial charge in [0.25, 0.3) is 0 Å². The summed E-state index contributed by atoms with van der Waals surface area (Å²) in [6, 6.07) is 0. The number of nitrogens with one attached hydrogen (secondary N) is 2. The van der Waals surface area contributed by atoms with Gasteiger partial charge in [0.2, 0.25) is 5.91 Å². The van der Waals surface area contributed by atoms with Gasteiger partial charge in [-0.25, -0.2) is 4.98 Å². The second-order valence-electron chi connectivity index (χ2n) is 5.58. The number of halogens is 2. The van der Waals surface area contributed by atoms with Gasteiger partial charge in [-0.1, -0.05) is 19.3 Å². The molecule has 0 atom stereocenters. The second kappa shape index (κ2) is 10.0. The molecule has 1 aromatic heterocycles. The summed E-state index contributed by atoms with van der Waals surface area (Å²) in [5.74, 6) is 1.03. The lowest BCUT2D eigenvalue weighted by Crippen LogP contribution is -2.39. The summed E-state index contributed by atoms with van der Waals surface area (Å²) < 4.78 is 0. The fourth-order valence-electron chi connectivity index (χ4n) is 2.91. The van der Waals surface area contributed by atoms with Gasteiger partial charge in [0, 0.05) is 31.8 Å². The third kappa shape index (κ3) is 6.24. The summed E-state index contributed by atoms with van der Waals surface area (Å²) in [6.07, 6.45) is 10.7. The molecule has 1 saturated carbocycles. The highest BCUT2D eigenvalue weighted by atomic mass is 35.5. The minimum atomic E-state index is 0. The molecule has 1 amide bonds. The lowest BCUT2D eigenvalue weighted by molar-refractivity contribution is -0.123. The number of nitrogens with zero attached hydrogens (tertiary/aromatic N) is 1. The van der Waals surface area contributed by atoms with Crippen LogP contribution in [0.1, 0.15) is 44.3 Å². The first-order chi connectivity index (χ1) is 9.24. The Kier molecular flexibility index (Phi) is 9.66. The number of rotatable bonds is 6. The maximum Gasteiger partial charge on any atom is 0.220 e. The fourth-order valence-corrected chi connectivity index (χ4v) is 2.91. The van der Waals surface area contributed by atoms with E-state index < -0.39 is 0 Å². The normalized spacial score (nSPS) is 16.4. The number of nitrogens with two attached hydrogens (primary N) is 1. The van der Waals surface area contributed by atoms with Crippen molar-refractivity contribution in [2.75, 3.05) is 13.1 Å². The van der Waals surface area contributed by atoms with Crippen molar-refractivity contribution >= 4 is 30.7 Å². The Morgan fingerprint density at radius 3 is 2.62 bits per heavy atom. The van der Waals surface area contributed by atoms with Crippen LogP contribution >= 0.6 is 24.8 Å². The summed E-state index contributed by atoms with van der Waals surface area (Å²) in [5.41, 5.74) is 5.95. The zero-order valence-corrected chi connectivity index (χ0v) is 13.9. The van der Waals surface area contributed by atoms with E-state index in [1.165, 1.54) is 19.3 Å². The Labute approximate surface area is 138 Å². The van der Waals surface area contributed by atoms with E-state index >= 15 is 0 Å². The molecule has 0 aromatic carbocycles. The number of imidazole rings is 1. The number of hydrogen-bond donors (Lipinski definition) is 3. The number of hydrogen-bond acceptors (Lipinski definition) is 3. The number of H-pyrrole nitrogens is 1. The second-order valence-corrected chi connectivity index (χ2v) is 5.58. The molecule has 0 bridgehead atoms. The van der Waals surface area contributed by atoms with Crippen LogP contribution in [0.15, 0.2) is 12.4 Å². The standard InChI is InChI=1S/C14H24N4O.2ClH/c15-11-14(5-2-1-3-6-14)10-13(19)18-7-4-12-16-8-9-17-12;;/h8-9H,1-7,10-11,15H2,(H,16,17)(H,18,19);2*1H. The van der Waals surface area contributed by atoms with Crippen LogP contribution in [0.4, 0.5) is 0 Å². The van der Waals surface area contributed by atoms with Gasteiger partial charge in [0.15, 0.2) is 0 Å². The van der Waals surface area contributed by atoms with E-state index in [9.17, 15) is 4.79 Å². The van der Waals surface area contributed by atoms with E-state index in [-0.39, 0.29) is 36.1 Å². The molecule has 1 aliphatic carbocycles. The summed E-state index contributed by atoms with van der Waals surface area (Å²) in [5, 5.41) is 2.97. The molecule has 0 spiro atoms. The van der Waals surface area contributed by atoms with Crippen molar-refractivity contribution in [2.24, 2.45) is 11.1 Å². The van der Waals surface area contributed by atoms with Crippen molar-refractivity contribution in [1.82, 2.24) is 15.3 Å². The van der Waals surface area contributed by atoms with Crippen LogP contribution in [-0.2, 0) is 11.2 Å². The molecule has 0 radical (unpaired) electrons. The number of aromatic amines is 1. The number of carbonyl (C=O) groups excluding carboxylic acids is 1. The van der Waals surface area contributed by atoms with Crippen molar-refractivity contribution in [3.05, 3.63) is 18.2 Å². The molecule has 0 unspecified atom stereocenters. The third-order valence-electron chi connectivity index (χ3n) is 4.12. The summed E-state index contributed by atoms with van der Waals surface area (Å²) in [7, 11) is 0. The first-order valence-corrected chi connectivity index (χ1v) is 7.19. The average molecular weight is 337 g/mol. The Hall–Kier alpha value is -0.780. The highest BCUT2D eigenvalue weighted by molar-refractivity contribution is 5.85. The number of carbonyl (C=O) groups is 1. The van der Waals surface area contributed by atoms with Gasteiger partial charge in [-0.05, 0) is 24.8 Å². The molecule has 1 heterocycles. The van der Waals surface area contributed by atoms with Gasteiger partial charge < -0.3 is 16.0 Å². The quantitative estimate of drug-likeness (QED) is 0.744. The maximum atomic E-state index is 12.0. The molecule has 122 valence electrons. The van der Waals surface area contributed by atoms with Gasteiger partial charge in [-0.15, -0.1) is 24.8 Å². The van der Waals surface area contributed by atoms with Crippen LogP contribution in [0, 0.1) is 5.41 Å². The molecule has 21 heavy (non-hydrogen) atoms. The fraction of sp³-hybridized carbons (Fsp3) is 0.714. The van der Waals surface area contributed by atoms with Crippen LogP contribution in [-0.4, -0.2) is 29.0 Å². The van der Waals surface area contributed by atoms with E-state index in [1.54, 1.807) is 12.4 Å². The van der Waals surface area contributed by atoms with Crippen molar-refractivity contribution in [2.45, 2.75) is 44.9 Å². The van der Waals surface area contributed by atoms with Crippen LogP contribution < -0.4 is 11.1 Å². The Morgan fingerprint density at radius 1 is 1.33 bits per heavy atom. The Balaban J connectivity index is 0.00000200.